The average molecular weight is 1260 g/mol. The minimum atomic E-state index is -4.42. The minimum absolute atomic E-state index is 0.0404. The van der Waals surface area contributed by atoms with E-state index < -0.39 is 32.5 Å². The van der Waals surface area contributed by atoms with Crippen molar-refractivity contribution in [2.24, 2.45) is 5.73 Å². The maximum Gasteiger partial charge on any atom is 0.472 e. The van der Waals surface area contributed by atoms with Gasteiger partial charge in [-0.05, 0) is 116 Å². The highest BCUT2D eigenvalue weighted by molar-refractivity contribution is 7.47. The standard InChI is InChI=1S/C79H136NO8P/c1-3-5-7-9-11-13-15-17-19-21-23-25-27-29-31-33-35-37-38-40-41-43-45-47-49-51-53-55-57-59-61-63-65-67-69-71-78(81)85-75-77(76-87-89(83,84)86-74-73-80)88-79(82)72-70-68-66-64-62-60-58-56-54-52-50-48-46-44-42-39-36-34-32-30-28-26-24-22-20-18-16-14-12-10-8-6-4-2/h6,8,12,14,18,20-21,23-24,26,30,32,36,39,44,46,50,52,56,58,62,64,77H,3-5,7,9-11,13,15-17,19,22,25,27-29,31,33-35,37-38,40-43,45,47-49,51,53-55,57,59-61,63,65-76,80H2,1-2H3,(H,83,84)/b8-6-,14-12-,20-18-,23-21-,26-24-,32-30-,39-36-,46-44-,52-50-,58-56-,64-62-. The van der Waals surface area contributed by atoms with Gasteiger partial charge in [-0.15, -0.1) is 0 Å². The van der Waals surface area contributed by atoms with E-state index in [9.17, 15) is 19.0 Å². The van der Waals surface area contributed by atoms with E-state index in [2.05, 4.69) is 148 Å². The van der Waals surface area contributed by atoms with E-state index in [0.717, 1.165) is 96.3 Å². The van der Waals surface area contributed by atoms with Crippen molar-refractivity contribution in [3.63, 3.8) is 0 Å². The van der Waals surface area contributed by atoms with Gasteiger partial charge in [-0.25, -0.2) is 4.57 Å². The molecule has 10 heteroatoms. The van der Waals surface area contributed by atoms with Crippen LogP contribution in [0.1, 0.15) is 322 Å². The first-order valence-electron chi connectivity index (χ1n) is 36.7. The van der Waals surface area contributed by atoms with E-state index in [1.54, 1.807) is 0 Å². The summed E-state index contributed by atoms with van der Waals surface area (Å²) in [5.74, 6) is -0.877. The number of phosphoric ester groups is 1. The molecule has 3 N–H and O–H groups in total. The van der Waals surface area contributed by atoms with Gasteiger partial charge in [0.2, 0.25) is 0 Å². The zero-order chi connectivity index (χ0) is 64.4. The Morgan fingerprint density at radius 3 is 0.955 bits per heavy atom. The molecule has 9 nitrogen and oxygen atoms in total. The second-order valence-electron chi connectivity index (χ2n) is 24.1. The third-order valence-electron chi connectivity index (χ3n) is 15.5. The fourth-order valence-corrected chi connectivity index (χ4v) is 10.9. The number of esters is 2. The lowest BCUT2D eigenvalue weighted by molar-refractivity contribution is -0.161. The first-order chi connectivity index (χ1) is 43.8. The lowest BCUT2D eigenvalue weighted by Gasteiger charge is -2.19. The smallest absolute Gasteiger partial charge is 0.462 e. The molecule has 0 aliphatic carbocycles. The molecule has 0 fully saturated rings. The van der Waals surface area contributed by atoms with Crippen LogP contribution in [0.3, 0.4) is 0 Å². The quantitative estimate of drug-likeness (QED) is 0.0264. The van der Waals surface area contributed by atoms with Gasteiger partial charge >= 0.3 is 19.8 Å². The number of carbonyl (C=O) groups excluding carboxylic acids is 2. The molecule has 0 aromatic carbocycles. The molecule has 0 aliphatic heterocycles. The molecule has 510 valence electrons. The van der Waals surface area contributed by atoms with Crippen molar-refractivity contribution in [1.29, 1.82) is 0 Å². The summed E-state index contributed by atoms with van der Waals surface area (Å²) in [6.07, 6.45) is 104. The van der Waals surface area contributed by atoms with Gasteiger partial charge in [0.05, 0.1) is 13.2 Å². The maximum atomic E-state index is 12.8. The molecule has 89 heavy (non-hydrogen) atoms. The highest BCUT2D eigenvalue weighted by Crippen LogP contribution is 2.43. The van der Waals surface area contributed by atoms with E-state index in [-0.39, 0.29) is 32.6 Å². The van der Waals surface area contributed by atoms with Crippen molar-refractivity contribution < 1.29 is 37.6 Å². The Kier molecular flexibility index (Phi) is 70.0. The molecule has 0 aromatic rings. The van der Waals surface area contributed by atoms with Crippen LogP contribution in [0.15, 0.2) is 134 Å². The van der Waals surface area contributed by atoms with E-state index in [4.69, 9.17) is 24.3 Å². The van der Waals surface area contributed by atoms with Crippen LogP contribution in [-0.4, -0.2) is 49.3 Å². The summed E-state index contributed by atoms with van der Waals surface area (Å²) in [6, 6.07) is 0. The van der Waals surface area contributed by atoms with Gasteiger partial charge in [-0.3, -0.25) is 18.6 Å². The maximum absolute atomic E-state index is 12.8. The van der Waals surface area contributed by atoms with E-state index in [0.29, 0.717) is 6.42 Å². The van der Waals surface area contributed by atoms with Gasteiger partial charge in [0.25, 0.3) is 0 Å². The molecular weight excluding hydrogens is 1120 g/mol. The number of allylic oxidation sites excluding steroid dienone is 22. The first kappa shape index (κ1) is 85.2. The van der Waals surface area contributed by atoms with Crippen molar-refractivity contribution in [1.82, 2.24) is 0 Å². The summed E-state index contributed by atoms with van der Waals surface area (Å²) < 4.78 is 33.1. The molecule has 0 spiro atoms. The summed E-state index contributed by atoms with van der Waals surface area (Å²) in [5, 5.41) is 0. The molecule has 0 amide bonds. The molecule has 0 aromatic heterocycles. The van der Waals surface area contributed by atoms with Gasteiger partial charge in [0.15, 0.2) is 6.10 Å². The van der Waals surface area contributed by atoms with Gasteiger partial charge in [-0.2, -0.15) is 0 Å². The molecule has 0 saturated heterocycles. The third-order valence-corrected chi connectivity index (χ3v) is 16.5. The zero-order valence-corrected chi connectivity index (χ0v) is 58.3. The molecule has 0 saturated carbocycles. The second-order valence-corrected chi connectivity index (χ2v) is 25.5. The van der Waals surface area contributed by atoms with Crippen LogP contribution in [0, 0.1) is 0 Å². The Labute approximate surface area is 548 Å². The zero-order valence-electron chi connectivity index (χ0n) is 57.4. The van der Waals surface area contributed by atoms with Crippen LogP contribution in [0.2, 0.25) is 0 Å². The normalized spacial score (nSPS) is 13.7. The second kappa shape index (κ2) is 73.2. The number of ether oxygens (including phenoxy) is 2. The van der Waals surface area contributed by atoms with Crippen LogP contribution in [-0.2, 0) is 32.7 Å². The van der Waals surface area contributed by atoms with Crippen molar-refractivity contribution >= 4 is 19.8 Å². The van der Waals surface area contributed by atoms with Gasteiger partial charge < -0.3 is 20.1 Å². The van der Waals surface area contributed by atoms with Crippen molar-refractivity contribution in [2.45, 2.75) is 328 Å². The van der Waals surface area contributed by atoms with E-state index in [1.807, 2.05) is 0 Å². The third kappa shape index (κ3) is 73.1. The first-order valence-corrected chi connectivity index (χ1v) is 38.2. The molecule has 2 unspecified atom stereocenters. The molecular formula is C79H136NO8P. The summed E-state index contributed by atoms with van der Waals surface area (Å²) >= 11 is 0. The van der Waals surface area contributed by atoms with Gasteiger partial charge in [0, 0.05) is 19.4 Å². The van der Waals surface area contributed by atoms with Crippen molar-refractivity contribution in [2.75, 3.05) is 26.4 Å². The number of unbranched alkanes of at least 4 members (excludes halogenated alkanes) is 33. The molecule has 0 heterocycles. The fraction of sp³-hybridized carbons (Fsp3) is 0.696. The van der Waals surface area contributed by atoms with E-state index in [1.165, 1.54) is 193 Å². The topological polar surface area (TPSA) is 134 Å². The van der Waals surface area contributed by atoms with Crippen LogP contribution in [0.5, 0.6) is 0 Å². The lowest BCUT2D eigenvalue weighted by Crippen LogP contribution is -2.29. The number of nitrogens with two attached hydrogens (primary N) is 1. The summed E-state index contributed by atoms with van der Waals surface area (Å²) in [7, 11) is -4.42. The highest BCUT2D eigenvalue weighted by Gasteiger charge is 2.26. The predicted molar refractivity (Wildman–Crippen MR) is 385 cm³/mol. The van der Waals surface area contributed by atoms with Crippen molar-refractivity contribution in [3.05, 3.63) is 134 Å². The average Bonchev–Trinajstić information content (AvgIpc) is 3.58. The van der Waals surface area contributed by atoms with Crippen LogP contribution in [0.4, 0.5) is 0 Å². The molecule has 0 radical (unpaired) electrons. The Morgan fingerprint density at radius 1 is 0.348 bits per heavy atom. The summed E-state index contributed by atoms with van der Waals surface area (Å²) in [6.45, 7) is 3.60. The van der Waals surface area contributed by atoms with Gasteiger partial charge in [0.1, 0.15) is 6.61 Å². The molecule has 0 aliphatic rings. The largest absolute Gasteiger partial charge is 0.472 e. The number of hydrogen-bond acceptors (Lipinski definition) is 8. The van der Waals surface area contributed by atoms with E-state index >= 15 is 0 Å². The fourth-order valence-electron chi connectivity index (χ4n) is 10.1. The Hall–Kier alpha value is -3.85. The molecule has 2 atom stereocenters. The SMILES string of the molecule is CC/C=C\C/C=C\C/C=C\C/C=C\C/C=C\C/C=C\C/C=C\C/C=C\C/C=C\C/C=C\CCCCC(=O)OC(COC(=O)CCCCCCCCCCCCCCCCCCCCCCCCC/C=C\CCCCCCCCCC)COP(=O)(O)OCCN. The highest BCUT2D eigenvalue weighted by atomic mass is 31.2. The summed E-state index contributed by atoms with van der Waals surface area (Å²) in [4.78, 5) is 35.4. The number of carbonyl (C=O) groups is 2. The Balaban J connectivity index is 3.95. The van der Waals surface area contributed by atoms with Crippen LogP contribution < -0.4 is 5.73 Å². The monoisotopic (exact) mass is 1260 g/mol. The van der Waals surface area contributed by atoms with Crippen LogP contribution in [0.25, 0.3) is 0 Å². The Bertz CT molecular complexity index is 1920. The Morgan fingerprint density at radius 2 is 0.618 bits per heavy atom. The summed E-state index contributed by atoms with van der Waals surface area (Å²) in [5.41, 5.74) is 5.40. The molecule has 0 bridgehead atoms. The van der Waals surface area contributed by atoms with Gasteiger partial charge in [-0.1, -0.05) is 327 Å². The van der Waals surface area contributed by atoms with Crippen LogP contribution >= 0.6 is 7.82 Å². The predicted octanol–water partition coefficient (Wildman–Crippen LogP) is 24.4. The minimum Gasteiger partial charge on any atom is -0.462 e. The molecule has 0 rings (SSSR count). The lowest BCUT2D eigenvalue weighted by atomic mass is 10.0. The number of hydrogen-bond donors (Lipinski definition) is 2. The number of phosphoric acid groups is 1. The van der Waals surface area contributed by atoms with Crippen molar-refractivity contribution in [3.8, 4) is 0 Å². The number of rotatable bonds is 68.